The molecule has 1 N–H and O–H groups in total. The molecule has 1 amide bonds. The molecule has 0 atom stereocenters. The molecule has 0 aliphatic carbocycles. The third-order valence-electron chi connectivity index (χ3n) is 4.43. The lowest BCUT2D eigenvalue weighted by molar-refractivity contribution is -0.113. The molecule has 0 radical (unpaired) electrons. The van der Waals surface area contributed by atoms with Gasteiger partial charge in [0.1, 0.15) is 5.75 Å². The van der Waals surface area contributed by atoms with Gasteiger partial charge in [0.25, 0.3) is 0 Å². The van der Waals surface area contributed by atoms with Crippen molar-refractivity contribution < 1.29 is 9.53 Å². The highest BCUT2D eigenvalue weighted by Crippen LogP contribution is 2.32. The summed E-state index contributed by atoms with van der Waals surface area (Å²) in [4.78, 5) is 12.5. The van der Waals surface area contributed by atoms with Crippen LogP contribution in [0.5, 0.6) is 5.75 Å². The summed E-state index contributed by atoms with van der Waals surface area (Å²) in [5, 5.41) is 12.8. The van der Waals surface area contributed by atoms with Crippen molar-refractivity contribution in [2.45, 2.75) is 5.16 Å². The second-order valence-electron chi connectivity index (χ2n) is 6.53. The summed E-state index contributed by atoms with van der Waals surface area (Å²) in [7, 11) is 1.62. The van der Waals surface area contributed by atoms with Crippen LogP contribution in [0.1, 0.15) is 0 Å². The molecule has 0 saturated carbocycles. The number of methoxy groups -OCH3 is 1. The predicted octanol–water partition coefficient (Wildman–Crippen LogP) is 5.33. The summed E-state index contributed by atoms with van der Waals surface area (Å²) in [5.74, 6) is 1.35. The van der Waals surface area contributed by atoms with E-state index in [-0.39, 0.29) is 11.7 Å². The van der Waals surface area contributed by atoms with E-state index < -0.39 is 0 Å². The molecule has 0 saturated heterocycles. The first kappa shape index (κ1) is 21.0. The van der Waals surface area contributed by atoms with Gasteiger partial charge in [-0.25, -0.2) is 0 Å². The number of carbonyl (C=O) groups excluding carboxylic acids is 1. The van der Waals surface area contributed by atoms with E-state index in [0.29, 0.717) is 27.4 Å². The van der Waals surface area contributed by atoms with Gasteiger partial charge in [-0.3, -0.25) is 9.36 Å². The number of hydrogen-bond donors (Lipinski definition) is 1. The van der Waals surface area contributed by atoms with Crippen molar-refractivity contribution in [1.82, 2.24) is 14.8 Å². The molecular formula is C23H19ClN4O2S. The Kier molecular flexibility index (Phi) is 6.54. The third kappa shape index (κ3) is 4.90. The van der Waals surface area contributed by atoms with Gasteiger partial charge < -0.3 is 10.1 Å². The number of nitrogens with zero attached hydrogens (tertiary/aromatic N) is 3. The van der Waals surface area contributed by atoms with Crippen LogP contribution in [-0.4, -0.2) is 33.5 Å². The molecule has 0 aliphatic heterocycles. The fourth-order valence-corrected chi connectivity index (χ4v) is 4.00. The number of para-hydroxylation sites is 2. The molecular weight excluding hydrogens is 432 g/mol. The van der Waals surface area contributed by atoms with Gasteiger partial charge in [0, 0.05) is 16.3 Å². The average Bonchev–Trinajstić information content (AvgIpc) is 3.22. The van der Waals surface area contributed by atoms with E-state index in [9.17, 15) is 4.79 Å². The molecule has 0 spiro atoms. The Bertz CT molecular complexity index is 1200. The van der Waals surface area contributed by atoms with E-state index in [0.717, 1.165) is 11.3 Å². The van der Waals surface area contributed by atoms with Crippen molar-refractivity contribution in [3.05, 3.63) is 83.9 Å². The number of halogens is 1. The van der Waals surface area contributed by atoms with Crippen LogP contribution < -0.4 is 10.1 Å². The molecule has 0 unspecified atom stereocenters. The maximum atomic E-state index is 12.5. The molecule has 4 aromatic rings. The van der Waals surface area contributed by atoms with Crippen molar-refractivity contribution in [3.8, 4) is 22.8 Å². The second kappa shape index (κ2) is 9.68. The van der Waals surface area contributed by atoms with Crippen LogP contribution in [0.4, 0.5) is 5.69 Å². The maximum Gasteiger partial charge on any atom is 0.234 e. The van der Waals surface area contributed by atoms with Crippen molar-refractivity contribution in [1.29, 1.82) is 0 Å². The number of aromatic nitrogens is 3. The zero-order valence-electron chi connectivity index (χ0n) is 16.7. The fourth-order valence-electron chi connectivity index (χ4n) is 3.06. The Morgan fingerprint density at radius 1 is 1.03 bits per heavy atom. The number of ether oxygens (including phenoxy) is 1. The molecule has 8 heteroatoms. The van der Waals surface area contributed by atoms with Gasteiger partial charge in [0.2, 0.25) is 5.91 Å². The van der Waals surface area contributed by atoms with Gasteiger partial charge in [-0.05, 0) is 30.3 Å². The number of anilines is 1. The van der Waals surface area contributed by atoms with Gasteiger partial charge in [-0.1, -0.05) is 71.9 Å². The molecule has 1 aromatic heterocycles. The Labute approximate surface area is 189 Å². The zero-order chi connectivity index (χ0) is 21.6. The number of amides is 1. The minimum absolute atomic E-state index is 0.161. The van der Waals surface area contributed by atoms with Crippen LogP contribution in [0.25, 0.3) is 17.1 Å². The molecule has 6 nitrogen and oxygen atoms in total. The lowest BCUT2D eigenvalue weighted by Crippen LogP contribution is -2.14. The first-order valence-electron chi connectivity index (χ1n) is 9.48. The van der Waals surface area contributed by atoms with E-state index in [1.54, 1.807) is 31.4 Å². The highest BCUT2D eigenvalue weighted by Gasteiger charge is 2.19. The minimum atomic E-state index is -0.164. The normalized spacial score (nSPS) is 10.6. The summed E-state index contributed by atoms with van der Waals surface area (Å²) in [6, 6.07) is 24.5. The van der Waals surface area contributed by atoms with E-state index >= 15 is 0 Å². The first-order valence-corrected chi connectivity index (χ1v) is 10.8. The number of rotatable bonds is 7. The smallest absolute Gasteiger partial charge is 0.234 e. The zero-order valence-corrected chi connectivity index (χ0v) is 18.2. The Balaban J connectivity index is 1.63. The van der Waals surface area contributed by atoms with Crippen molar-refractivity contribution >= 4 is 35.0 Å². The third-order valence-corrected chi connectivity index (χ3v) is 5.60. The van der Waals surface area contributed by atoms with Gasteiger partial charge >= 0.3 is 0 Å². The molecule has 0 bridgehead atoms. The van der Waals surface area contributed by atoms with Crippen molar-refractivity contribution in [2.24, 2.45) is 0 Å². The second-order valence-corrected chi connectivity index (χ2v) is 7.91. The topological polar surface area (TPSA) is 69.0 Å². The minimum Gasteiger partial charge on any atom is -0.495 e. The quantitative estimate of drug-likeness (QED) is 0.385. The van der Waals surface area contributed by atoms with Crippen LogP contribution in [0, 0.1) is 0 Å². The monoisotopic (exact) mass is 450 g/mol. The van der Waals surface area contributed by atoms with Crippen LogP contribution in [0.2, 0.25) is 5.02 Å². The van der Waals surface area contributed by atoms with Gasteiger partial charge in [0.05, 0.1) is 18.6 Å². The summed E-state index contributed by atoms with van der Waals surface area (Å²) >= 11 is 7.29. The summed E-state index contributed by atoms with van der Waals surface area (Å²) in [6.45, 7) is 0. The molecule has 0 aliphatic rings. The number of benzene rings is 3. The van der Waals surface area contributed by atoms with Gasteiger partial charge in [-0.15, -0.1) is 10.2 Å². The van der Waals surface area contributed by atoms with Crippen molar-refractivity contribution in [2.75, 3.05) is 18.2 Å². The highest BCUT2D eigenvalue weighted by molar-refractivity contribution is 7.99. The molecule has 4 rings (SSSR count). The fraction of sp³-hybridized carbons (Fsp3) is 0.0870. The largest absolute Gasteiger partial charge is 0.495 e. The molecule has 1 heterocycles. The lowest BCUT2D eigenvalue weighted by atomic mass is 10.2. The lowest BCUT2D eigenvalue weighted by Gasteiger charge is -2.14. The summed E-state index contributed by atoms with van der Waals surface area (Å²) < 4.78 is 7.46. The molecule has 0 fully saturated rings. The number of thioether (sulfide) groups is 1. The Morgan fingerprint density at radius 2 is 1.81 bits per heavy atom. The number of nitrogens with one attached hydrogen (secondary N) is 1. The van der Waals surface area contributed by atoms with E-state index in [2.05, 4.69) is 15.5 Å². The number of hydrogen-bond acceptors (Lipinski definition) is 5. The van der Waals surface area contributed by atoms with Crippen LogP contribution >= 0.6 is 23.4 Å². The predicted molar refractivity (Wildman–Crippen MR) is 124 cm³/mol. The highest BCUT2D eigenvalue weighted by atomic mass is 35.5. The summed E-state index contributed by atoms with van der Waals surface area (Å²) in [6.07, 6.45) is 0. The van der Waals surface area contributed by atoms with Gasteiger partial charge in [0.15, 0.2) is 11.0 Å². The van der Waals surface area contributed by atoms with E-state index in [1.807, 2.05) is 59.2 Å². The maximum absolute atomic E-state index is 12.5. The average molecular weight is 451 g/mol. The van der Waals surface area contributed by atoms with Crippen LogP contribution in [0.3, 0.4) is 0 Å². The molecule has 31 heavy (non-hydrogen) atoms. The van der Waals surface area contributed by atoms with E-state index in [1.165, 1.54) is 11.8 Å². The van der Waals surface area contributed by atoms with Crippen molar-refractivity contribution in [3.63, 3.8) is 0 Å². The Morgan fingerprint density at radius 3 is 2.58 bits per heavy atom. The Hall–Kier alpha value is -3.29. The first-order chi connectivity index (χ1) is 15.2. The molecule has 3 aromatic carbocycles. The standard InChI is InChI=1S/C23H19ClN4O2S/c1-30-20-13-6-5-12-19(20)28-22(16-8-3-2-4-9-16)26-27-23(28)31-15-21(29)25-18-11-7-10-17(24)14-18/h2-14H,15H2,1H3,(H,25,29). The molecule has 156 valence electrons. The SMILES string of the molecule is COc1ccccc1-n1c(SCC(=O)Nc2cccc(Cl)c2)nnc1-c1ccccc1. The van der Waals surface area contributed by atoms with Crippen LogP contribution in [-0.2, 0) is 4.79 Å². The number of carbonyl (C=O) groups is 1. The van der Waals surface area contributed by atoms with Crippen LogP contribution in [0.15, 0.2) is 84.0 Å². The van der Waals surface area contributed by atoms with E-state index in [4.69, 9.17) is 16.3 Å². The van der Waals surface area contributed by atoms with Gasteiger partial charge in [-0.2, -0.15) is 0 Å². The summed E-state index contributed by atoms with van der Waals surface area (Å²) in [5.41, 5.74) is 2.36.